The van der Waals surface area contributed by atoms with Crippen LogP contribution in [0.5, 0.6) is 0 Å². The summed E-state index contributed by atoms with van der Waals surface area (Å²) >= 11 is 0. The Morgan fingerprint density at radius 3 is 2.04 bits per heavy atom. The molecule has 2 rings (SSSR count). The van der Waals surface area contributed by atoms with E-state index in [2.05, 4.69) is 33.0 Å². The lowest BCUT2D eigenvalue weighted by molar-refractivity contribution is 0.00578. The minimum Gasteiger partial charge on any atom is -0.444 e. The van der Waals surface area contributed by atoms with Gasteiger partial charge in [0.05, 0.1) is 11.2 Å². The highest BCUT2D eigenvalue weighted by Gasteiger charge is 2.53. The molecule has 1 heterocycles. The van der Waals surface area contributed by atoms with Crippen LogP contribution in [-0.2, 0) is 14.0 Å². The van der Waals surface area contributed by atoms with Crippen molar-refractivity contribution in [2.75, 3.05) is 6.54 Å². The lowest BCUT2D eigenvalue weighted by atomic mass is 9.61. The maximum Gasteiger partial charge on any atom is 0.458 e. The van der Waals surface area contributed by atoms with Gasteiger partial charge in [0.15, 0.2) is 0 Å². The fourth-order valence-electron chi connectivity index (χ4n) is 3.73. The molecule has 0 aromatic heterocycles. The summed E-state index contributed by atoms with van der Waals surface area (Å²) in [4.78, 5) is 12.1. The Hall–Kier alpha value is -0.745. The van der Waals surface area contributed by atoms with Crippen molar-refractivity contribution in [3.8, 4) is 0 Å². The molecule has 0 radical (unpaired) electrons. The molecule has 1 saturated heterocycles. The maximum atomic E-state index is 12.1. The summed E-state index contributed by atoms with van der Waals surface area (Å²) in [6, 6.07) is 0. The predicted molar refractivity (Wildman–Crippen MR) is 101 cm³/mol. The Morgan fingerprint density at radius 2 is 1.56 bits per heavy atom. The van der Waals surface area contributed by atoms with Gasteiger partial charge in [-0.1, -0.05) is 19.3 Å². The van der Waals surface area contributed by atoms with Gasteiger partial charge in [0.1, 0.15) is 5.60 Å². The van der Waals surface area contributed by atoms with E-state index in [9.17, 15) is 4.79 Å². The molecule has 5 nitrogen and oxygen atoms in total. The summed E-state index contributed by atoms with van der Waals surface area (Å²) in [6.07, 6.45) is 6.30. The molecule has 0 unspecified atom stereocenters. The lowest BCUT2D eigenvalue weighted by Gasteiger charge is -2.38. The van der Waals surface area contributed by atoms with Crippen molar-refractivity contribution in [3.63, 3.8) is 0 Å². The van der Waals surface area contributed by atoms with Gasteiger partial charge in [-0.05, 0) is 73.0 Å². The zero-order chi connectivity index (χ0) is 18.9. The standard InChI is InChI=1S/C19H36BNO4/c1-16(2,3)23-15(22)21-14-19(11-9-8-10-12-19)13-20-24-17(4,5)18(6,7)25-20/h8-14H2,1-7H3,(H,21,22). The van der Waals surface area contributed by atoms with Gasteiger partial charge in [0, 0.05) is 6.54 Å². The van der Waals surface area contributed by atoms with Crippen molar-refractivity contribution in [1.29, 1.82) is 0 Å². The summed E-state index contributed by atoms with van der Waals surface area (Å²) in [7, 11) is -0.219. The van der Waals surface area contributed by atoms with E-state index >= 15 is 0 Å². The van der Waals surface area contributed by atoms with E-state index in [-0.39, 0.29) is 29.8 Å². The number of hydrogen-bond donors (Lipinski definition) is 1. The van der Waals surface area contributed by atoms with Gasteiger partial charge in [-0.25, -0.2) is 4.79 Å². The topological polar surface area (TPSA) is 56.8 Å². The van der Waals surface area contributed by atoms with E-state index < -0.39 is 5.60 Å². The van der Waals surface area contributed by atoms with Gasteiger partial charge in [-0.3, -0.25) is 0 Å². The molecule has 25 heavy (non-hydrogen) atoms. The average Bonchev–Trinajstić information content (AvgIpc) is 2.63. The number of rotatable bonds is 4. The molecule has 0 bridgehead atoms. The van der Waals surface area contributed by atoms with Gasteiger partial charge in [-0.15, -0.1) is 0 Å². The summed E-state index contributed by atoms with van der Waals surface area (Å²) in [5, 5.41) is 2.99. The first-order valence-electron chi connectivity index (χ1n) is 9.67. The van der Waals surface area contributed by atoms with Crippen molar-refractivity contribution < 1.29 is 18.8 Å². The molecule has 0 spiro atoms. The second kappa shape index (κ2) is 7.11. The number of amides is 1. The zero-order valence-corrected chi connectivity index (χ0v) is 17.2. The molecule has 0 atom stereocenters. The van der Waals surface area contributed by atoms with Gasteiger partial charge < -0.3 is 19.4 Å². The van der Waals surface area contributed by atoms with Crippen LogP contribution in [0.1, 0.15) is 80.6 Å². The lowest BCUT2D eigenvalue weighted by Crippen LogP contribution is -2.43. The van der Waals surface area contributed by atoms with Gasteiger partial charge in [0.25, 0.3) is 0 Å². The first-order valence-corrected chi connectivity index (χ1v) is 9.67. The molecule has 1 aliphatic carbocycles. The van der Waals surface area contributed by atoms with Gasteiger partial charge in [-0.2, -0.15) is 0 Å². The number of nitrogens with one attached hydrogen (secondary N) is 1. The number of carbonyl (C=O) groups is 1. The minimum absolute atomic E-state index is 0.0241. The van der Waals surface area contributed by atoms with Crippen LogP contribution in [0.2, 0.25) is 6.32 Å². The van der Waals surface area contributed by atoms with Crippen LogP contribution >= 0.6 is 0 Å². The third kappa shape index (κ3) is 5.36. The van der Waals surface area contributed by atoms with Crippen molar-refractivity contribution in [2.45, 2.75) is 104 Å². The van der Waals surface area contributed by atoms with Crippen LogP contribution in [0.4, 0.5) is 4.79 Å². The normalized spacial score (nSPS) is 24.8. The largest absolute Gasteiger partial charge is 0.458 e. The van der Waals surface area contributed by atoms with Crippen molar-refractivity contribution in [1.82, 2.24) is 5.32 Å². The van der Waals surface area contributed by atoms with E-state index in [0.717, 1.165) is 19.2 Å². The summed E-state index contributed by atoms with van der Waals surface area (Å²) in [6.45, 7) is 14.6. The summed E-state index contributed by atoms with van der Waals surface area (Å²) in [5.74, 6) is 0. The highest BCUT2D eigenvalue weighted by Crippen LogP contribution is 2.45. The second-order valence-corrected chi connectivity index (χ2v) is 9.81. The highest BCUT2D eigenvalue weighted by molar-refractivity contribution is 6.45. The van der Waals surface area contributed by atoms with Crippen LogP contribution in [-0.4, -0.2) is 36.6 Å². The number of carbonyl (C=O) groups excluding carboxylic acids is 1. The fraction of sp³-hybridized carbons (Fsp3) is 0.947. The fourth-order valence-corrected chi connectivity index (χ4v) is 3.73. The second-order valence-electron chi connectivity index (χ2n) is 9.81. The third-order valence-electron chi connectivity index (χ3n) is 5.82. The Balaban J connectivity index is 2.00. The van der Waals surface area contributed by atoms with E-state index in [4.69, 9.17) is 14.0 Å². The number of alkyl carbamates (subject to hydrolysis) is 1. The maximum absolute atomic E-state index is 12.1. The Morgan fingerprint density at radius 1 is 1.04 bits per heavy atom. The quantitative estimate of drug-likeness (QED) is 0.753. The number of hydrogen-bond acceptors (Lipinski definition) is 4. The SMILES string of the molecule is CC(C)(C)OC(=O)NCC1(CB2OC(C)(C)C(C)(C)O2)CCCCC1. The average molecular weight is 353 g/mol. The van der Waals surface area contributed by atoms with Crippen molar-refractivity contribution >= 4 is 13.2 Å². The molecule has 1 saturated carbocycles. The zero-order valence-electron chi connectivity index (χ0n) is 17.2. The molecule has 144 valence electrons. The van der Waals surface area contributed by atoms with Crippen LogP contribution in [0.25, 0.3) is 0 Å². The van der Waals surface area contributed by atoms with Gasteiger partial charge in [0.2, 0.25) is 0 Å². The molecule has 2 fully saturated rings. The van der Waals surface area contributed by atoms with E-state index in [1.54, 1.807) is 0 Å². The molecule has 0 aromatic carbocycles. The van der Waals surface area contributed by atoms with E-state index in [1.807, 2.05) is 20.8 Å². The molecule has 0 aromatic rings. The summed E-state index contributed by atoms with van der Waals surface area (Å²) < 4.78 is 17.8. The Kier molecular flexibility index (Phi) is 5.85. The molecular formula is C19H36BNO4. The Labute approximate surface area is 153 Å². The summed E-state index contributed by atoms with van der Waals surface area (Å²) in [5.41, 5.74) is -1.08. The first kappa shape index (κ1) is 20.6. The third-order valence-corrected chi connectivity index (χ3v) is 5.82. The molecule has 1 N–H and O–H groups in total. The van der Waals surface area contributed by atoms with Crippen molar-refractivity contribution in [2.24, 2.45) is 5.41 Å². The van der Waals surface area contributed by atoms with E-state index in [0.29, 0.717) is 6.54 Å². The van der Waals surface area contributed by atoms with Crippen LogP contribution < -0.4 is 5.32 Å². The molecule has 1 amide bonds. The van der Waals surface area contributed by atoms with Crippen LogP contribution in [0.15, 0.2) is 0 Å². The molecule has 2 aliphatic rings. The Bertz CT molecular complexity index is 462. The van der Waals surface area contributed by atoms with Gasteiger partial charge >= 0.3 is 13.2 Å². The number of ether oxygens (including phenoxy) is 1. The predicted octanol–water partition coefficient (Wildman–Crippen LogP) is 4.55. The first-order chi connectivity index (χ1) is 11.3. The monoisotopic (exact) mass is 353 g/mol. The molecular weight excluding hydrogens is 317 g/mol. The minimum atomic E-state index is -0.477. The molecule has 6 heteroatoms. The molecule has 1 aliphatic heterocycles. The highest BCUT2D eigenvalue weighted by atomic mass is 16.7. The van der Waals surface area contributed by atoms with Crippen LogP contribution in [0.3, 0.4) is 0 Å². The van der Waals surface area contributed by atoms with Crippen LogP contribution in [0, 0.1) is 5.41 Å². The van der Waals surface area contributed by atoms with Crippen molar-refractivity contribution in [3.05, 3.63) is 0 Å². The van der Waals surface area contributed by atoms with E-state index in [1.165, 1.54) is 19.3 Å². The smallest absolute Gasteiger partial charge is 0.444 e.